The zero-order valence-electron chi connectivity index (χ0n) is 21.8. The molecule has 0 atom stereocenters. The molecule has 0 aliphatic carbocycles. The molecule has 0 radical (unpaired) electrons. The number of nitrogens with zero attached hydrogens (tertiary/aromatic N) is 4. The largest absolute Gasteiger partial charge is 0.496 e. The Kier molecular flexibility index (Phi) is 8.29. The number of sulfonamides is 1. The Morgan fingerprint density at radius 3 is 2.38 bits per heavy atom. The van der Waals surface area contributed by atoms with Crippen molar-refractivity contribution >= 4 is 15.9 Å². The molecule has 9 nitrogen and oxygen atoms in total. The average molecular weight is 527 g/mol. The molecule has 10 heteroatoms. The van der Waals surface area contributed by atoms with Crippen molar-refractivity contribution in [2.24, 2.45) is 0 Å². The smallest absolute Gasteiger partial charge is 0.257 e. The lowest BCUT2D eigenvalue weighted by atomic mass is 10.0. The average Bonchev–Trinajstić information content (AvgIpc) is 3.19. The maximum Gasteiger partial charge on any atom is 0.257 e. The normalized spacial score (nSPS) is 14.7. The molecule has 0 bridgehead atoms. The monoisotopic (exact) mass is 526 g/mol. The lowest BCUT2D eigenvalue weighted by molar-refractivity contribution is 0.0758. The minimum absolute atomic E-state index is 0.00187. The molecule has 1 fully saturated rings. The molecule has 0 N–H and O–H groups in total. The van der Waals surface area contributed by atoms with Crippen LogP contribution in [-0.4, -0.2) is 60.9 Å². The number of rotatable bonds is 8. The third-order valence-corrected chi connectivity index (χ3v) is 8.46. The van der Waals surface area contributed by atoms with E-state index in [-0.39, 0.29) is 28.8 Å². The number of carbonyl (C=O) groups excluding carboxylic acids is 1. The topological polar surface area (TPSA) is 106 Å². The molecule has 0 saturated carbocycles. The molecular formula is C27H34N4O5S. The third kappa shape index (κ3) is 6.02. The van der Waals surface area contributed by atoms with Crippen LogP contribution in [0.3, 0.4) is 0 Å². The van der Waals surface area contributed by atoms with Crippen LogP contribution < -0.4 is 4.74 Å². The third-order valence-electron chi connectivity index (χ3n) is 6.66. The molecule has 1 aromatic heterocycles. The summed E-state index contributed by atoms with van der Waals surface area (Å²) in [6, 6.07) is 12.2. The molecule has 2 heterocycles. The molecular weight excluding hydrogens is 492 g/mol. The van der Waals surface area contributed by atoms with Crippen LogP contribution in [0.15, 0.2) is 51.9 Å². The van der Waals surface area contributed by atoms with Gasteiger partial charge in [-0.3, -0.25) is 4.79 Å². The first-order valence-electron chi connectivity index (χ1n) is 12.6. The van der Waals surface area contributed by atoms with Crippen LogP contribution in [-0.2, 0) is 16.6 Å². The van der Waals surface area contributed by atoms with Gasteiger partial charge in [-0.1, -0.05) is 56.1 Å². The molecule has 0 unspecified atom stereocenters. The van der Waals surface area contributed by atoms with E-state index in [1.807, 2.05) is 24.3 Å². The van der Waals surface area contributed by atoms with Gasteiger partial charge in [0.2, 0.25) is 21.7 Å². The first-order chi connectivity index (χ1) is 17.7. The summed E-state index contributed by atoms with van der Waals surface area (Å²) in [5.41, 5.74) is 2.23. The summed E-state index contributed by atoms with van der Waals surface area (Å²) in [7, 11) is -1.04. The molecule has 0 spiro atoms. The van der Waals surface area contributed by atoms with Gasteiger partial charge in [-0.2, -0.15) is 9.29 Å². The zero-order valence-corrected chi connectivity index (χ0v) is 22.6. The Hall–Kier alpha value is -3.24. The number of methoxy groups -OCH3 is 1. The fourth-order valence-electron chi connectivity index (χ4n) is 4.37. The zero-order chi connectivity index (χ0) is 26.6. The number of ether oxygens (including phenoxy) is 1. The van der Waals surface area contributed by atoms with Gasteiger partial charge in [-0.15, -0.1) is 0 Å². The van der Waals surface area contributed by atoms with E-state index in [9.17, 15) is 13.2 Å². The molecule has 1 amide bonds. The molecule has 2 aromatic carbocycles. The highest BCUT2D eigenvalue weighted by atomic mass is 32.2. The predicted molar refractivity (Wildman–Crippen MR) is 140 cm³/mol. The van der Waals surface area contributed by atoms with Crippen LogP contribution in [0.5, 0.6) is 5.75 Å². The van der Waals surface area contributed by atoms with Crippen molar-refractivity contribution in [3.63, 3.8) is 0 Å². The van der Waals surface area contributed by atoms with Gasteiger partial charge >= 0.3 is 0 Å². The van der Waals surface area contributed by atoms with Crippen LogP contribution >= 0.6 is 0 Å². The minimum Gasteiger partial charge on any atom is -0.496 e. The van der Waals surface area contributed by atoms with Gasteiger partial charge in [-0.05, 0) is 42.5 Å². The number of carbonyl (C=O) groups is 1. The number of likely N-dealkylation sites (tertiary alicyclic amines) is 1. The number of aromatic nitrogens is 2. The van der Waals surface area contributed by atoms with Crippen molar-refractivity contribution in [1.82, 2.24) is 19.3 Å². The Morgan fingerprint density at radius 2 is 1.76 bits per heavy atom. The maximum absolute atomic E-state index is 13.4. The number of amides is 1. The molecule has 4 rings (SSSR count). The van der Waals surface area contributed by atoms with Gasteiger partial charge in [0.25, 0.3) is 5.91 Å². The molecule has 198 valence electrons. The van der Waals surface area contributed by atoms with Crippen LogP contribution in [0.25, 0.3) is 11.4 Å². The van der Waals surface area contributed by atoms with Crippen molar-refractivity contribution in [3.8, 4) is 17.1 Å². The van der Waals surface area contributed by atoms with E-state index in [1.54, 1.807) is 4.90 Å². The van der Waals surface area contributed by atoms with E-state index in [0.717, 1.165) is 35.6 Å². The first kappa shape index (κ1) is 26.8. The van der Waals surface area contributed by atoms with E-state index in [0.29, 0.717) is 30.6 Å². The molecule has 1 saturated heterocycles. The second-order valence-corrected chi connectivity index (χ2v) is 11.7. The quantitative estimate of drug-likeness (QED) is 0.419. The van der Waals surface area contributed by atoms with Crippen molar-refractivity contribution in [2.45, 2.75) is 56.9 Å². The van der Waals surface area contributed by atoms with E-state index < -0.39 is 10.0 Å². The summed E-state index contributed by atoms with van der Waals surface area (Å²) < 4.78 is 38.6. The maximum atomic E-state index is 13.4. The van der Waals surface area contributed by atoms with E-state index in [2.05, 4.69) is 24.0 Å². The highest BCUT2D eigenvalue weighted by molar-refractivity contribution is 7.89. The van der Waals surface area contributed by atoms with Crippen molar-refractivity contribution in [2.75, 3.05) is 27.2 Å². The summed E-state index contributed by atoms with van der Waals surface area (Å²) in [4.78, 5) is 19.4. The predicted octanol–water partition coefficient (Wildman–Crippen LogP) is 4.71. The summed E-state index contributed by atoms with van der Waals surface area (Å²) in [5, 5.41) is 4.01. The van der Waals surface area contributed by atoms with E-state index >= 15 is 0 Å². The second kappa shape index (κ2) is 11.4. The Bertz CT molecular complexity index is 1330. The number of hydrogen-bond acceptors (Lipinski definition) is 7. The highest BCUT2D eigenvalue weighted by Crippen LogP contribution is 2.27. The number of hydrogen-bond donors (Lipinski definition) is 0. The number of benzene rings is 2. The minimum atomic E-state index is -3.95. The standard InChI is InChI=1S/C27H34N4O5S/c1-19(2)20-9-11-21(12-10-20)26-28-25(36-29-26)18-30(3)37(33,34)22-13-14-24(35-4)23(17-22)27(32)31-15-7-5-6-8-16-31/h9-14,17,19H,5-8,15-16,18H2,1-4H3. The van der Waals surface area contributed by atoms with Crippen molar-refractivity contribution in [1.29, 1.82) is 0 Å². The fraction of sp³-hybridized carbons (Fsp3) is 0.444. The van der Waals surface area contributed by atoms with Crippen LogP contribution in [0.2, 0.25) is 0 Å². The van der Waals surface area contributed by atoms with E-state index in [1.165, 1.54) is 37.9 Å². The molecule has 1 aliphatic heterocycles. The van der Waals surface area contributed by atoms with Gasteiger partial charge in [0.1, 0.15) is 5.75 Å². The Labute approximate surface area is 218 Å². The summed E-state index contributed by atoms with van der Waals surface area (Å²) >= 11 is 0. The van der Waals surface area contributed by atoms with Gasteiger partial charge in [0.05, 0.1) is 24.1 Å². The lowest BCUT2D eigenvalue weighted by Crippen LogP contribution is -2.32. The van der Waals surface area contributed by atoms with Crippen LogP contribution in [0.4, 0.5) is 0 Å². The van der Waals surface area contributed by atoms with Gasteiger partial charge in [-0.25, -0.2) is 8.42 Å². The summed E-state index contributed by atoms with van der Waals surface area (Å²) in [6.07, 6.45) is 4.03. The first-order valence-corrected chi connectivity index (χ1v) is 14.0. The molecule has 3 aromatic rings. The lowest BCUT2D eigenvalue weighted by Gasteiger charge is -2.22. The van der Waals surface area contributed by atoms with Crippen LogP contribution in [0.1, 0.15) is 67.3 Å². The van der Waals surface area contributed by atoms with Crippen molar-refractivity contribution < 1.29 is 22.5 Å². The fourth-order valence-corrected chi connectivity index (χ4v) is 5.51. The second-order valence-electron chi connectivity index (χ2n) is 9.62. The van der Waals surface area contributed by atoms with Crippen molar-refractivity contribution in [3.05, 3.63) is 59.5 Å². The summed E-state index contributed by atoms with van der Waals surface area (Å²) in [5.74, 6) is 1.10. The Morgan fingerprint density at radius 1 is 1.08 bits per heavy atom. The highest BCUT2D eigenvalue weighted by Gasteiger charge is 2.27. The summed E-state index contributed by atoms with van der Waals surface area (Å²) in [6.45, 7) is 5.43. The Balaban J connectivity index is 1.53. The molecule has 1 aliphatic rings. The van der Waals surface area contributed by atoms with Gasteiger partial charge in [0, 0.05) is 25.7 Å². The van der Waals surface area contributed by atoms with Crippen LogP contribution in [0, 0.1) is 0 Å². The van der Waals surface area contributed by atoms with Gasteiger partial charge in [0.15, 0.2) is 0 Å². The van der Waals surface area contributed by atoms with E-state index in [4.69, 9.17) is 9.26 Å². The SMILES string of the molecule is COc1ccc(S(=O)(=O)N(C)Cc2nc(-c3ccc(C(C)C)cc3)no2)cc1C(=O)N1CCCCCC1. The molecule has 37 heavy (non-hydrogen) atoms. The van der Waals surface area contributed by atoms with Gasteiger partial charge < -0.3 is 14.2 Å².